The van der Waals surface area contributed by atoms with E-state index >= 15 is 0 Å². The van der Waals surface area contributed by atoms with Gasteiger partial charge in [0.05, 0.1) is 6.04 Å². The van der Waals surface area contributed by atoms with E-state index in [4.69, 9.17) is 0 Å². The summed E-state index contributed by atoms with van der Waals surface area (Å²) in [7, 11) is 4.06. The van der Waals surface area contributed by atoms with Crippen molar-refractivity contribution in [3.8, 4) is 0 Å². The Bertz CT molecular complexity index is 668. The number of rotatable bonds is 5. The summed E-state index contributed by atoms with van der Waals surface area (Å²) < 4.78 is 0. The highest BCUT2D eigenvalue weighted by Gasteiger charge is 2.29. The van der Waals surface area contributed by atoms with E-state index in [-0.39, 0.29) is 11.9 Å². The number of amides is 1. The lowest BCUT2D eigenvalue weighted by Gasteiger charge is -2.34. The predicted molar refractivity (Wildman–Crippen MR) is 93.8 cm³/mol. The number of aromatic nitrogens is 3. The Morgan fingerprint density at radius 2 is 2.25 bits per heavy atom. The summed E-state index contributed by atoms with van der Waals surface area (Å²) >= 11 is 0. The number of piperidine rings is 1. The van der Waals surface area contributed by atoms with Crippen LogP contribution in [0.1, 0.15) is 43.1 Å². The summed E-state index contributed by atoms with van der Waals surface area (Å²) in [6.07, 6.45) is 5.95. The summed E-state index contributed by atoms with van der Waals surface area (Å²) in [4.78, 5) is 21.1. The van der Waals surface area contributed by atoms with Crippen molar-refractivity contribution in [3.05, 3.63) is 42.0 Å². The Balaban J connectivity index is 1.64. The molecule has 0 aliphatic carbocycles. The van der Waals surface area contributed by atoms with Crippen molar-refractivity contribution in [1.82, 2.24) is 20.1 Å². The molecule has 1 aliphatic heterocycles. The van der Waals surface area contributed by atoms with Gasteiger partial charge in [-0.3, -0.25) is 9.89 Å². The van der Waals surface area contributed by atoms with E-state index in [1.807, 2.05) is 25.1 Å². The molecule has 0 saturated carbocycles. The predicted octanol–water partition coefficient (Wildman–Crippen LogP) is 2.56. The molecule has 2 aromatic rings. The van der Waals surface area contributed by atoms with Crippen LogP contribution in [0.3, 0.4) is 0 Å². The highest BCUT2D eigenvalue weighted by atomic mass is 16.2. The van der Waals surface area contributed by atoms with Gasteiger partial charge in [-0.05, 0) is 43.4 Å². The monoisotopic (exact) mass is 327 g/mol. The Morgan fingerprint density at radius 1 is 1.38 bits per heavy atom. The minimum Gasteiger partial charge on any atom is -0.378 e. The van der Waals surface area contributed by atoms with Gasteiger partial charge in [-0.1, -0.05) is 12.1 Å². The molecule has 0 bridgehead atoms. The number of aryl methyl sites for hydroxylation is 1. The van der Waals surface area contributed by atoms with Crippen LogP contribution in [-0.2, 0) is 11.2 Å². The van der Waals surface area contributed by atoms with E-state index in [1.54, 1.807) is 0 Å². The molecule has 128 valence electrons. The molecule has 3 rings (SSSR count). The maximum Gasteiger partial charge on any atom is 0.223 e. The largest absolute Gasteiger partial charge is 0.378 e. The summed E-state index contributed by atoms with van der Waals surface area (Å²) in [5.74, 6) is 1.00. The Labute approximate surface area is 142 Å². The van der Waals surface area contributed by atoms with E-state index in [1.165, 1.54) is 11.9 Å². The molecule has 0 radical (unpaired) electrons. The fourth-order valence-electron chi connectivity index (χ4n) is 3.27. The molecule has 0 spiro atoms. The van der Waals surface area contributed by atoms with Crippen molar-refractivity contribution in [2.24, 2.45) is 0 Å². The van der Waals surface area contributed by atoms with Crippen molar-refractivity contribution in [2.75, 3.05) is 25.5 Å². The smallest absolute Gasteiger partial charge is 0.223 e. The van der Waals surface area contributed by atoms with Gasteiger partial charge in [-0.2, -0.15) is 5.10 Å². The first-order valence-corrected chi connectivity index (χ1v) is 8.56. The van der Waals surface area contributed by atoms with Gasteiger partial charge in [0.2, 0.25) is 5.91 Å². The second kappa shape index (κ2) is 7.47. The Hall–Kier alpha value is -2.37. The molecule has 1 aromatic carbocycles. The number of nitrogens with zero attached hydrogens (tertiary/aromatic N) is 4. The summed E-state index contributed by atoms with van der Waals surface area (Å²) in [6, 6.07) is 8.41. The molecular formula is C18H25N5O. The summed E-state index contributed by atoms with van der Waals surface area (Å²) in [5, 5.41) is 6.86. The third-order valence-electron chi connectivity index (χ3n) is 4.63. The molecule has 1 atom stereocenters. The molecule has 1 amide bonds. The van der Waals surface area contributed by atoms with Crippen LogP contribution in [0.5, 0.6) is 0 Å². The van der Waals surface area contributed by atoms with Crippen molar-refractivity contribution >= 4 is 11.6 Å². The number of benzene rings is 1. The average molecular weight is 327 g/mol. The number of carbonyl (C=O) groups is 1. The average Bonchev–Trinajstić information content (AvgIpc) is 3.14. The standard InChI is InChI=1S/C18H25N5O/c1-22(2)15-7-5-6-14(12-15)9-10-17(24)23-11-4-3-8-16(23)18-19-13-20-21-18/h5-7,12-13,16H,3-4,8-11H2,1-2H3,(H,19,20,21). The number of hydrogen-bond acceptors (Lipinski definition) is 4. The third-order valence-corrected chi connectivity index (χ3v) is 4.63. The highest BCUT2D eigenvalue weighted by molar-refractivity contribution is 5.77. The zero-order valence-electron chi connectivity index (χ0n) is 14.4. The molecule has 6 heteroatoms. The second-order valence-electron chi connectivity index (χ2n) is 6.53. The van der Waals surface area contributed by atoms with Crippen LogP contribution in [0.25, 0.3) is 0 Å². The van der Waals surface area contributed by atoms with Crippen LogP contribution in [-0.4, -0.2) is 46.6 Å². The minimum absolute atomic E-state index is 0.0434. The van der Waals surface area contributed by atoms with Crippen molar-refractivity contribution < 1.29 is 4.79 Å². The van der Waals surface area contributed by atoms with Crippen LogP contribution >= 0.6 is 0 Å². The Morgan fingerprint density at radius 3 is 3.00 bits per heavy atom. The summed E-state index contributed by atoms with van der Waals surface area (Å²) in [6.45, 7) is 0.807. The van der Waals surface area contributed by atoms with Crippen LogP contribution < -0.4 is 4.90 Å². The van der Waals surface area contributed by atoms with Gasteiger partial charge in [-0.25, -0.2) is 4.98 Å². The minimum atomic E-state index is 0.0434. The number of H-pyrrole nitrogens is 1. The fourth-order valence-corrected chi connectivity index (χ4v) is 3.27. The molecule has 1 aliphatic rings. The topological polar surface area (TPSA) is 65.1 Å². The number of hydrogen-bond donors (Lipinski definition) is 1. The first-order chi connectivity index (χ1) is 11.6. The molecule has 2 heterocycles. The van der Waals surface area contributed by atoms with Crippen molar-refractivity contribution in [3.63, 3.8) is 0 Å². The van der Waals surface area contributed by atoms with Crippen molar-refractivity contribution in [2.45, 2.75) is 38.1 Å². The van der Waals surface area contributed by atoms with E-state index in [9.17, 15) is 4.79 Å². The number of aromatic amines is 1. The van der Waals surface area contributed by atoms with Gasteiger partial charge >= 0.3 is 0 Å². The van der Waals surface area contributed by atoms with Gasteiger partial charge in [0.1, 0.15) is 12.2 Å². The van der Waals surface area contributed by atoms with Gasteiger partial charge in [0.25, 0.3) is 0 Å². The quantitative estimate of drug-likeness (QED) is 0.916. The number of likely N-dealkylation sites (tertiary alicyclic amines) is 1. The normalized spacial score (nSPS) is 17.8. The van der Waals surface area contributed by atoms with Gasteiger partial charge in [0.15, 0.2) is 0 Å². The molecule has 1 saturated heterocycles. The van der Waals surface area contributed by atoms with E-state index in [2.05, 4.69) is 38.3 Å². The molecule has 6 nitrogen and oxygen atoms in total. The molecule has 24 heavy (non-hydrogen) atoms. The zero-order valence-corrected chi connectivity index (χ0v) is 14.4. The zero-order chi connectivity index (χ0) is 16.9. The van der Waals surface area contributed by atoms with Gasteiger partial charge in [0, 0.05) is 32.7 Å². The molecule has 1 unspecified atom stereocenters. The SMILES string of the molecule is CN(C)c1cccc(CCC(=O)N2CCCCC2c2ncn[nH]2)c1. The van der Waals surface area contributed by atoms with Gasteiger partial charge < -0.3 is 9.80 Å². The van der Waals surface area contributed by atoms with E-state index in [0.717, 1.165) is 43.7 Å². The first-order valence-electron chi connectivity index (χ1n) is 8.56. The molecular weight excluding hydrogens is 302 g/mol. The van der Waals surface area contributed by atoms with Crippen LogP contribution in [0.15, 0.2) is 30.6 Å². The maximum absolute atomic E-state index is 12.7. The van der Waals surface area contributed by atoms with E-state index in [0.29, 0.717) is 6.42 Å². The summed E-state index contributed by atoms with van der Waals surface area (Å²) in [5.41, 5.74) is 2.36. The second-order valence-corrected chi connectivity index (χ2v) is 6.53. The van der Waals surface area contributed by atoms with E-state index < -0.39 is 0 Å². The lowest BCUT2D eigenvalue weighted by atomic mass is 10.00. The van der Waals surface area contributed by atoms with Crippen molar-refractivity contribution in [1.29, 1.82) is 0 Å². The lowest BCUT2D eigenvalue weighted by molar-refractivity contribution is -0.135. The fraction of sp³-hybridized carbons (Fsp3) is 0.500. The number of carbonyl (C=O) groups excluding carboxylic acids is 1. The highest BCUT2D eigenvalue weighted by Crippen LogP contribution is 2.29. The van der Waals surface area contributed by atoms with Crippen LogP contribution in [0, 0.1) is 0 Å². The third kappa shape index (κ3) is 3.75. The molecule has 1 fully saturated rings. The van der Waals surface area contributed by atoms with Gasteiger partial charge in [-0.15, -0.1) is 0 Å². The first kappa shape index (κ1) is 16.5. The molecule has 1 N–H and O–H groups in total. The lowest BCUT2D eigenvalue weighted by Crippen LogP contribution is -2.39. The maximum atomic E-state index is 12.7. The molecule has 1 aromatic heterocycles. The Kier molecular flexibility index (Phi) is 5.13. The van der Waals surface area contributed by atoms with Crippen LogP contribution in [0.2, 0.25) is 0 Å². The number of anilines is 1. The van der Waals surface area contributed by atoms with Crippen LogP contribution in [0.4, 0.5) is 5.69 Å². The number of nitrogens with one attached hydrogen (secondary N) is 1.